The van der Waals surface area contributed by atoms with Crippen molar-refractivity contribution in [2.75, 3.05) is 18.0 Å². The minimum absolute atomic E-state index is 0.866. The van der Waals surface area contributed by atoms with Gasteiger partial charge in [-0.15, -0.1) is 0 Å². The van der Waals surface area contributed by atoms with Gasteiger partial charge in [0.1, 0.15) is 4.60 Å². The Labute approximate surface area is 107 Å². The molecule has 0 bridgehead atoms. The Kier molecular flexibility index (Phi) is 3.67. The van der Waals surface area contributed by atoms with Crippen molar-refractivity contribution in [1.82, 2.24) is 4.98 Å². The number of aromatic nitrogens is 1. The van der Waals surface area contributed by atoms with Gasteiger partial charge < -0.3 is 4.90 Å². The van der Waals surface area contributed by atoms with Gasteiger partial charge >= 0.3 is 0 Å². The average molecular weight is 334 g/mol. The summed E-state index contributed by atoms with van der Waals surface area (Å²) < 4.78 is 1.99. The molecule has 2 heterocycles. The molecule has 1 aliphatic rings. The van der Waals surface area contributed by atoms with Crippen molar-refractivity contribution < 1.29 is 0 Å². The van der Waals surface area contributed by atoms with E-state index in [1.54, 1.807) is 0 Å². The standard InChI is InChI=1S/C11H14Br2N2/c1-8-2-4-15(5-3-8)10-6-11(13)14-7-9(10)12/h6-8H,2-5H2,1H3. The van der Waals surface area contributed by atoms with Crippen LogP contribution in [0.3, 0.4) is 0 Å². The Morgan fingerprint density at radius 3 is 2.67 bits per heavy atom. The lowest BCUT2D eigenvalue weighted by atomic mass is 9.99. The van der Waals surface area contributed by atoms with Crippen LogP contribution in [0.1, 0.15) is 19.8 Å². The van der Waals surface area contributed by atoms with Crippen molar-refractivity contribution in [3.05, 3.63) is 21.3 Å². The van der Waals surface area contributed by atoms with E-state index in [2.05, 4.69) is 54.7 Å². The summed E-state index contributed by atoms with van der Waals surface area (Å²) in [6.45, 7) is 4.63. The van der Waals surface area contributed by atoms with Crippen molar-refractivity contribution in [2.24, 2.45) is 5.92 Å². The van der Waals surface area contributed by atoms with Crippen LogP contribution in [0.5, 0.6) is 0 Å². The van der Waals surface area contributed by atoms with Crippen molar-refractivity contribution >= 4 is 37.5 Å². The zero-order chi connectivity index (χ0) is 10.8. The molecule has 2 nitrogen and oxygen atoms in total. The number of nitrogens with zero attached hydrogens (tertiary/aromatic N) is 2. The monoisotopic (exact) mass is 332 g/mol. The second-order valence-electron chi connectivity index (χ2n) is 4.13. The Morgan fingerprint density at radius 1 is 1.33 bits per heavy atom. The van der Waals surface area contributed by atoms with E-state index in [0.717, 1.165) is 28.1 Å². The summed E-state index contributed by atoms with van der Waals surface area (Å²) in [6.07, 6.45) is 4.43. The normalized spacial score (nSPS) is 18.2. The zero-order valence-electron chi connectivity index (χ0n) is 8.71. The fourth-order valence-electron chi connectivity index (χ4n) is 1.90. The van der Waals surface area contributed by atoms with Gasteiger partial charge in [0, 0.05) is 19.3 Å². The van der Waals surface area contributed by atoms with Gasteiger partial charge in [-0.3, -0.25) is 0 Å². The number of anilines is 1. The van der Waals surface area contributed by atoms with Gasteiger partial charge in [-0.05, 0) is 56.7 Å². The molecular formula is C11H14Br2N2. The van der Waals surface area contributed by atoms with Gasteiger partial charge in [-0.1, -0.05) is 6.92 Å². The third-order valence-electron chi connectivity index (χ3n) is 2.93. The van der Waals surface area contributed by atoms with Crippen molar-refractivity contribution in [3.63, 3.8) is 0 Å². The maximum Gasteiger partial charge on any atom is 0.108 e. The SMILES string of the molecule is CC1CCN(c2cc(Br)ncc2Br)CC1. The molecule has 0 aliphatic carbocycles. The van der Waals surface area contributed by atoms with E-state index in [1.807, 2.05) is 6.20 Å². The molecule has 0 spiro atoms. The van der Waals surface area contributed by atoms with Crippen LogP contribution in [0.15, 0.2) is 21.3 Å². The number of hydrogen-bond donors (Lipinski definition) is 0. The lowest BCUT2D eigenvalue weighted by molar-refractivity contribution is 0.438. The quantitative estimate of drug-likeness (QED) is 0.726. The fourth-order valence-corrected chi connectivity index (χ4v) is 2.68. The summed E-state index contributed by atoms with van der Waals surface area (Å²) in [6, 6.07) is 2.08. The highest BCUT2D eigenvalue weighted by Crippen LogP contribution is 2.30. The van der Waals surface area contributed by atoms with Crippen LogP contribution in [-0.2, 0) is 0 Å². The molecule has 1 aromatic rings. The lowest BCUT2D eigenvalue weighted by Crippen LogP contribution is -2.33. The minimum Gasteiger partial charge on any atom is -0.370 e. The maximum atomic E-state index is 4.19. The zero-order valence-corrected chi connectivity index (χ0v) is 11.9. The molecule has 1 aromatic heterocycles. The van der Waals surface area contributed by atoms with Crippen molar-refractivity contribution in [2.45, 2.75) is 19.8 Å². The van der Waals surface area contributed by atoms with Gasteiger partial charge in [0.2, 0.25) is 0 Å². The van der Waals surface area contributed by atoms with Crippen LogP contribution in [0, 0.1) is 5.92 Å². The second kappa shape index (κ2) is 4.83. The topological polar surface area (TPSA) is 16.1 Å². The third-order valence-corrected chi connectivity index (χ3v) is 3.97. The van der Waals surface area contributed by atoms with Gasteiger partial charge in [0.05, 0.1) is 10.2 Å². The van der Waals surface area contributed by atoms with Crippen LogP contribution in [0.2, 0.25) is 0 Å². The first kappa shape index (κ1) is 11.4. The first-order chi connectivity index (χ1) is 7.16. The summed E-state index contributed by atoms with van der Waals surface area (Å²) in [5.74, 6) is 0.866. The maximum absolute atomic E-state index is 4.19. The highest BCUT2D eigenvalue weighted by atomic mass is 79.9. The molecular weight excluding hydrogens is 320 g/mol. The molecule has 82 valence electrons. The van der Waals surface area contributed by atoms with Crippen LogP contribution in [0.25, 0.3) is 0 Å². The van der Waals surface area contributed by atoms with E-state index >= 15 is 0 Å². The van der Waals surface area contributed by atoms with E-state index in [4.69, 9.17) is 0 Å². The second-order valence-corrected chi connectivity index (χ2v) is 5.79. The van der Waals surface area contributed by atoms with E-state index in [9.17, 15) is 0 Å². The number of rotatable bonds is 1. The molecule has 1 fully saturated rings. The molecule has 2 rings (SSSR count). The first-order valence-electron chi connectivity index (χ1n) is 5.23. The number of hydrogen-bond acceptors (Lipinski definition) is 2. The molecule has 15 heavy (non-hydrogen) atoms. The molecule has 0 N–H and O–H groups in total. The Balaban J connectivity index is 2.18. The van der Waals surface area contributed by atoms with Crippen LogP contribution in [-0.4, -0.2) is 18.1 Å². The Hall–Kier alpha value is -0.0900. The summed E-state index contributed by atoms with van der Waals surface area (Å²) in [4.78, 5) is 6.62. The summed E-state index contributed by atoms with van der Waals surface area (Å²) >= 11 is 6.97. The van der Waals surface area contributed by atoms with E-state index < -0.39 is 0 Å². The fraction of sp³-hybridized carbons (Fsp3) is 0.545. The summed E-state index contributed by atoms with van der Waals surface area (Å²) in [5, 5.41) is 0. The first-order valence-corrected chi connectivity index (χ1v) is 6.81. The Morgan fingerprint density at radius 2 is 2.00 bits per heavy atom. The van der Waals surface area contributed by atoms with Crippen LogP contribution < -0.4 is 4.90 Å². The number of pyridine rings is 1. The Bertz CT molecular complexity index is 346. The molecule has 1 aliphatic heterocycles. The highest BCUT2D eigenvalue weighted by molar-refractivity contribution is 9.11. The van der Waals surface area contributed by atoms with Gasteiger partial charge in [0.25, 0.3) is 0 Å². The molecule has 0 radical (unpaired) electrons. The largest absolute Gasteiger partial charge is 0.370 e. The highest BCUT2D eigenvalue weighted by Gasteiger charge is 2.18. The predicted molar refractivity (Wildman–Crippen MR) is 70.2 cm³/mol. The molecule has 0 atom stereocenters. The van der Waals surface area contributed by atoms with Gasteiger partial charge in [-0.25, -0.2) is 4.98 Å². The molecule has 0 saturated carbocycles. The van der Waals surface area contributed by atoms with Crippen LogP contribution in [0.4, 0.5) is 5.69 Å². The summed E-state index contributed by atoms with van der Waals surface area (Å²) in [5.41, 5.74) is 1.25. The summed E-state index contributed by atoms with van der Waals surface area (Å²) in [7, 11) is 0. The van der Waals surface area contributed by atoms with Gasteiger partial charge in [0.15, 0.2) is 0 Å². The molecule has 4 heteroatoms. The number of halogens is 2. The third kappa shape index (κ3) is 2.72. The minimum atomic E-state index is 0.866. The van der Waals surface area contributed by atoms with E-state index in [0.29, 0.717) is 0 Å². The average Bonchev–Trinajstić information content (AvgIpc) is 2.23. The lowest BCUT2D eigenvalue weighted by Gasteiger charge is -2.32. The predicted octanol–water partition coefficient (Wildman–Crippen LogP) is 3.84. The smallest absolute Gasteiger partial charge is 0.108 e. The van der Waals surface area contributed by atoms with Crippen LogP contribution >= 0.6 is 31.9 Å². The molecule has 0 aromatic carbocycles. The van der Waals surface area contributed by atoms with Crippen molar-refractivity contribution in [1.29, 1.82) is 0 Å². The van der Waals surface area contributed by atoms with E-state index in [1.165, 1.54) is 18.5 Å². The molecule has 0 unspecified atom stereocenters. The van der Waals surface area contributed by atoms with Crippen molar-refractivity contribution in [3.8, 4) is 0 Å². The molecule has 0 amide bonds. The van der Waals surface area contributed by atoms with Gasteiger partial charge in [-0.2, -0.15) is 0 Å². The molecule has 1 saturated heterocycles. The number of piperidine rings is 1. The van der Waals surface area contributed by atoms with E-state index in [-0.39, 0.29) is 0 Å².